The van der Waals surface area contributed by atoms with Gasteiger partial charge in [-0.2, -0.15) is 0 Å². The van der Waals surface area contributed by atoms with Crippen LogP contribution in [0.25, 0.3) is 0 Å². The van der Waals surface area contributed by atoms with Gasteiger partial charge in [0.1, 0.15) is 24.7 Å². The van der Waals surface area contributed by atoms with Gasteiger partial charge in [0.25, 0.3) is 0 Å². The Bertz CT molecular complexity index is 708. The van der Waals surface area contributed by atoms with Gasteiger partial charge >= 0.3 is 0 Å². The predicted octanol–water partition coefficient (Wildman–Crippen LogP) is 3.50. The Morgan fingerprint density at radius 1 is 1.13 bits per heavy atom. The van der Waals surface area contributed by atoms with Gasteiger partial charge in [0.05, 0.1) is 12.8 Å². The first-order valence-corrected chi connectivity index (χ1v) is 10.2. The SMILES string of the molecule is CCNC(=NCc1cccc(OCCN(C)C)c1)NCCCOCc1ccco1.I. The number of nitrogens with one attached hydrogen (secondary N) is 2. The zero-order valence-electron chi connectivity index (χ0n) is 18.2. The summed E-state index contributed by atoms with van der Waals surface area (Å²) in [5.41, 5.74) is 1.12. The standard InChI is InChI=1S/C22H34N4O3.HI/c1-4-23-22(24-11-7-13-27-18-21-10-6-14-28-21)25-17-19-8-5-9-20(16-19)29-15-12-26(2)3;/h5-6,8-10,14,16H,4,7,11-13,15,17-18H2,1-3H3,(H2,23,24,25);1H. The molecule has 0 bridgehead atoms. The van der Waals surface area contributed by atoms with Crippen LogP contribution in [0.3, 0.4) is 0 Å². The third kappa shape index (κ3) is 11.4. The van der Waals surface area contributed by atoms with Gasteiger partial charge in [-0.15, -0.1) is 24.0 Å². The van der Waals surface area contributed by atoms with Gasteiger partial charge in [0.2, 0.25) is 0 Å². The van der Waals surface area contributed by atoms with E-state index in [1.54, 1.807) is 6.26 Å². The van der Waals surface area contributed by atoms with Crippen LogP contribution >= 0.6 is 24.0 Å². The Morgan fingerprint density at radius 2 is 2.00 bits per heavy atom. The number of likely N-dealkylation sites (N-methyl/N-ethyl adjacent to an activating group) is 1. The minimum absolute atomic E-state index is 0. The van der Waals surface area contributed by atoms with Crippen LogP contribution in [-0.4, -0.2) is 57.8 Å². The van der Waals surface area contributed by atoms with Gasteiger partial charge in [-0.25, -0.2) is 4.99 Å². The minimum Gasteiger partial charge on any atom is -0.492 e. The van der Waals surface area contributed by atoms with Gasteiger partial charge in [0, 0.05) is 26.2 Å². The number of aliphatic imine (C=N–C) groups is 1. The number of hydrogen-bond donors (Lipinski definition) is 2. The Morgan fingerprint density at radius 3 is 2.73 bits per heavy atom. The fourth-order valence-corrected chi connectivity index (χ4v) is 2.54. The highest BCUT2D eigenvalue weighted by Gasteiger charge is 2.01. The number of halogens is 1. The molecule has 0 amide bonds. The maximum absolute atomic E-state index is 5.80. The number of ether oxygens (including phenoxy) is 2. The van der Waals surface area contributed by atoms with E-state index in [0.717, 1.165) is 49.1 Å². The van der Waals surface area contributed by atoms with E-state index >= 15 is 0 Å². The molecule has 0 saturated heterocycles. The number of benzene rings is 1. The van der Waals surface area contributed by atoms with Crippen LogP contribution in [0.15, 0.2) is 52.1 Å². The van der Waals surface area contributed by atoms with Gasteiger partial charge < -0.3 is 29.4 Å². The Hall–Kier alpha value is -1.78. The molecule has 1 aromatic carbocycles. The number of guanidine groups is 1. The van der Waals surface area contributed by atoms with Crippen LogP contribution < -0.4 is 15.4 Å². The lowest BCUT2D eigenvalue weighted by molar-refractivity contribution is 0.105. The number of rotatable bonds is 13. The second-order valence-corrected chi connectivity index (χ2v) is 6.91. The van der Waals surface area contributed by atoms with Crippen molar-refractivity contribution in [3.8, 4) is 5.75 Å². The van der Waals surface area contributed by atoms with E-state index in [-0.39, 0.29) is 24.0 Å². The average molecular weight is 530 g/mol. The van der Waals surface area contributed by atoms with Crippen molar-refractivity contribution >= 4 is 29.9 Å². The average Bonchev–Trinajstić information content (AvgIpc) is 3.22. The molecule has 0 aliphatic carbocycles. The Labute approximate surface area is 197 Å². The molecule has 0 atom stereocenters. The minimum atomic E-state index is 0. The molecule has 0 fully saturated rings. The van der Waals surface area contributed by atoms with Gasteiger partial charge in [-0.3, -0.25) is 0 Å². The molecule has 7 nitrogen and oxygen atoms in total. The normalized spacial score (nSPS) is 11.3. The zero-order valence-corrected chi connectivity index (χ0v) is 20.6. The maximum atomic E-state index is 5.80. The number of hydrogen-bond acceptors (Lipinski definition) is 5. The van der Waals surface area contributed by atoms with Crippen LogP contribution in [0, 0.1) is 0 Å². The first-order chi connectivity index (χ1) is 14.2. The fraction of sp³-hybridized carbons (Fsp3) is 0.500. The molecule has 30 heavy (non-hydrogen) atoms. The molecule has 0 aliphatic heterocycles. The van der Waals surface area contributed by atoms with Crippen LogP contribution in [-0.2, 0) is 17.9 Å². The van der Waals surface area contributed by atoms with E-state index in [4.69, 9.17) is 13.9 Å². The first kappa shape index (κ1) is 26.3. The van der Waals surface area contributed by atoms with Crippen LogP contribution in [0.5, 0.6) is 5.75 Å². The summed E-state index contributed by atoms with van der Waals surface area (Å²) in [6.07, 6.45) is 2.55. The molecule has 0 spiro atoms. The molecule has 0 radical (unpaired) electrons. The topological polar surface area (TPSA) is 71.3 Å². The Kier molecular flexibility index (Phi) is 14.0. The maximum Gasteiger partial charge on any atom is 0.191 e. The molecular formula is C22H35IN4O3. The summed E-state index contributed by atoms with van der Waals surface area (Å²) in [5.74, 6) is 2.53. The van der Waals surface area contributed by atoms with Gasteiger partial charge in [-0.05, 0) is 57.3 Å². The molecule has 2 rings (SSSR count). The molecule has 168 valence electrons. The van der Waals surface area contributed by atoms with E-state index in [0.29, 0.717) is 26.4 Å². The monoisotopic (exact) mass is 530 g/mol. The summed E-state index contributed by atoms with van der Waals surface area (Å²) >= 11 is 0. The lowest BCUT2D eigenvalue weighted by atomic mass is 10.2. The van der Waals surface area contributed by atoms with E-state index in [2.05, 4.69) is 33.5 Å². The fourth-order valence-electron chi connectivity index (χ4n) is 2.54. The predicted molar refractivity (Wildman–Crippen MR) is 132 cm³/mol. The van der Waals surface area contributed by atoms with Crippen molar-refractivity contribution in [1.29, 1.82) is 0 Å². The van der Waals surface area contributed by atoms with Crippen molar-refractivity contribution in [3.63, 3.8) is 0 Å². The molecular weight excluding hydrogens is 495 g/mol. The van der Waals surface area contributed by atoms with Crippen molar-refractivity contribution < 1.29 is 13.9 Å². The third-order valence-corrected chi connectivity index (χ3v) is 4.05. The van der Waals surface area contributed by atoms with Crippen molar-refractivity contribution in [1.82, 2.24) is 15.5 Å². The van der Waals surface area contributed by atoms with Crippen molar-refractivity contribution in [3.05, 3.63) is 54.0 Å². The first-order valence-electron chi connectivity index (χ1n) is 10.2. The highest BCUT2D eigenvalue weighted by molar-refractivity contribution is 14.0. The lowest BCUT2D eigenvalue weighted by Gasteiger charge is -2.12. The smallest absolute Gasteiger partial charge is 0.191 e. The van der Waals surface area contributed by atoms with Crippen molar-refractivity contribution in [2.45, 2.75) is 26.5 Å². The number of nitrogens with zero attached hydrogens (tertiary/aromatic N) is 2. The highest BCUT2D eigenvalue weighted by atomic mass is 127. The summed E-state index contributed by atoms with van der Waals surface area (Å²) in [4.78, 5) is 6.77. The van der Waals surface area contributed by atoms with E-state index in [1.165, 1.54) is 0 Å². The number of furan rings is 1. The highest BCUT2D eigenvalue weighted by Crippen LogP contribution is 2.14. The summed E-state index contributed by atoms with van der Waals surface area (Å²) in [6, 6.07) is 11.9. The van der Waals surface area contributed by atoms with E-state index in [9.17, 15) is 0 Å². The molecule has 0 aliphatic rings. The third-order valence-electron chi connectivity index (χ3n) is 4.05. The second-order valence-electron chi connectivity index (χ2n) is 6.91. The molecule has 2 N–H and O–H groups in total. The molecule has 0 saturated carbocycles. The summed E-state index contributed by atoms with van der Waals surface area (Å²) in [5, 5.41) is 6.62. The quantitative estimate of drug-likeness (QED) is 0.179. The van der Waals surface area contributed by atoms with Gasteiger partial charge in [0.15, 0.2) is 5.96 Å². The van der Waals surface area contributed by atoms with E-state index < -0.39 is 0 Å². The zero-order chi connectivity index (χ0) is 20.7. The van der Waals surface area contributed by atoms with Crippen molar-refractivity contribution in [2.24, 2.45) is 4.99 Å². The summed E-state index contributed by atoms with van der Waals surface area (Å²) < 4.78 is 16.6. The van der Waals surface area contributed by atoms with Gasteiger partial charge in [-0.1, -0.05) is 12.1 Å². The van der Waals surface area contributed by atoms with Crippen LogP contribution in [0.4, 0.5) is 0 Å². The molecule has 1 heterocycles. The summed E-state index contributed by atoms with van der Waals surface area (Å²) in [6.45, 7) is 6.99. The Balaban J connectivity index is 0.00000450. The summed E-state index contributed by atoms with van der Waals surface area (Å²) in [7, 11) is 4.07. The molecule has 0 unspecified atom stereocenters. The van der Waals surface area contributed by atoms with Crippen LogP contribution in [0.2, 0.25) is 0 Å². The van der Waals surface area contributed by atoms with Crippen molar-refractivity contribution in [2.75, 3.05) is 46.9 Å². The van der Waals surface area contributed by atoms with Crippen LogP contribution in [0.1, 0.15) is 24.7 Å². The molecule has 2 aromatic rings. The molecule has 1 aromatic heterocycles. The lowest BCUT2D eigenvalue weighted by Crippen LogP contribution is -2.38. The largest absolute Gasteiger partial charge is 0.492 e. The molecule has 8 heteroatoms. The van der Waals surface area contributed by atoms with E-state index in [1.807, 2.05) is 44.4 Å². The second kappa shape index (κ2) is 16.0.